The summed E-state index contributed by atoms with van der Waals surface area (Å²) in [5.41, 5.74) is 6.43. The molecule has 1 fully saturated rings. The highest BCUT2D eigenvalue weighted by molar-refractivity contribution is 5.40. The predicted molar refractivity (Wildman–Crippen MR) is 60.9 cm³/mol. The molecule has 0 radical (unpaired) electrons. The number of hydrogen-bond donors (Lipinski definition) is 2. The van der Waals surface area contributed by atoms with E-state index in [1.165, 1.54) is 25.5 Å². The third kappa shape index (κ3) is 2.39. The third-order valence-corrected chi connectivity index (χ3v) is 3.13. The molecule has 1 aromatic rings. The Bertz CT molecular complexity index is 301. The Balaban J connectivity index is 1.98. The number of likely N-dealkylation sites (N-methyl/N-ethyl adjacent to an activating group) is 1. The fraction of sp³-hybridized carbons (Fsp3) is 0.545. The van der Waals surface area contributed by atoms with Crippen molar-refractivity contribution in [2.24, 2.45) is 0 Å². The van der Waals surface area contributed by atoms with Gasteiger partial charge < -0.3 is 10.6 Å². The Kier molecular flexibility index (Phi) is 3.06. The molecule has 1 aliphatic heterocycles. The summed E-state index contributed by atoms with van der Waals surface area (Å²) in [6.45, 7) is 8.20. The maximum absolute atomic E-state index is 5.65. The van der Waals surface area contributed by atoms with Gasteiger partial charge in [0, 0.05) is 6.07 Å². The number of aromatic amines is 1. The molecular formula is C11H20N4+2. The van der Waals surface area contributed by atoms with Crippen molar-refractivity contribution in [3.8, 4) is 0 Å². The number of nitrogens with zero attached hydrogens (tertiary/aromatic N) is 1. The Morgan fingerprint density at radius 3 is 2.67 bits per heavy atom. The number of H-pyrrole nitrogens is 1. The second-order valence-corrected chi connectivity index (χ2v) is 4.10. The van der Waals surface area contributed by atoms with Crippen molar-refractivity contribution in [2.45, 2.75) is 6.92 Å². The second-order valence-electron chi connectivity index (χ2n) is 4.10. The van der Waals surface area contributed by atoms with E-state index in [9.17, 15) is 0 Å². The Hall–Kier alpha value is -1.29. The smallest absolute Gasteiger partial charge is 0.274 e. The van der Waals surface area contributed by atoms with Gasteiger partial charge in [0.15, 0.2) is 0 Å². The van der Waals surface area contributed by atoms with Gasteiger partial charge in [0.05, 0.1) is 12.2 Å². The Morgan fingerprint density at radius 2 is 2.13 bits per heavy atom. The van der Waals surface area contributed by atoms with Gasteiger partial charge in [-0.25, -0.2) is 4.98 Å². The van der Waals surface area contributed by atoms with Crippen molar-refractivity contribution in [1.82, 2.24) is 0 Å². The van der Waals surface area contributed by atoms with Gasteiger partial charge in [0.1, 0.15) is 32.4 Å². The zero-order valence-corrected chi connectivity index (χ0v) is 9.29. The highest BCUT2D eigenvalue weighted by Crippen LogP contribution is 2.07. The van der Waals surface area contributed by atoms with Crippen molar-refractivity contribution >= 4 is 11.5 Å². The highest BCUT2D eigenvalue weighted by Gasteiger charge is 2.24. The van der Waals surface area contributed by atoms with Crippen LogP contribution in [0, 0.1) is 0 Å². The summed E-state index contributed by atoms with van der Waals surface area (Å²) in [6, 6.07) is 4.01. The number of quaternary nitrogens is 1. The normalized spacial score (nSPS) is 18.1. The average Bonchev–Trinajstić information content (AvgIpc) is 2.30. The molecule has 0 unspecified atom stereocenters. The average molecular weight is 208 g/mol. The third-order valence-electron chi connectivity index (χ3n) is 3.13. The summed E-state index contributed by atoms with van der Waals surface area (Å²) in [6.07, 6.45) is 1.86. The van der Waals surface area contributed by atoms with Crippen molar-refractivity contribution in [2.75, 3.05) is 43.4 Å². The van der Waals surface area contributed by atoms with Crippen LogP contribution in [-0.2, 0) is 0 Å². The van der Waals surface area contributed by atoms with Crippen molar-refractivity contribution in [1.29, 1.82) is 0 Å². The van der Waals surface area contributed by atoms with E-state index in [4.69, 9.17) is 5.73 Å². The summed E-state index contributed by atoms with van der Waals surface area (Å²) in [5, 5.41) is 0. The molecule has 4 nitrogen and oxygen atoms in total. The fourth-order valence-electron chi connectivity index (χ4n) is 2.04. The summed E-state index contributed by atoms with van der Waals surface area (Å²) >= 11 is 0. The van der Waals surface area contributed by atoms with Crippen LogP contribution >= 0.6 is 0 Å². The first-order chi connectivity index (χ1) is 7.29. The standard InChI is InChI=1S/C11H18N4/c1-2-14-5-7-15(8-6-14)11-4-3-10(12)9-13-11/h3-4,9H,2,5-8,12H2,1H3/p+2. The van der Waals surface area contributed by atoms with E-state index in [1.54, 1.807) is 4.90 Å². The quantitative estimate of drug-likeness (QED) is 0.642. The van der Waals surface area contributed by atoms with Crippen molar-refractivity contribution < 1.29 is 9.88 Å². The van der Waals surface area contributed by atoms with Crippen LogP contribution in [0.25, 0.3) is 0 Å². The lowest BCUT2D eigenvalue weighted by Gasteiger charge is -2.27. The zero-order valence-electron chi connectivity index (χ0n) is 9.29. The minimum absolute atomic E-state index is 0.788. The molecule has 1 aliphatic rings. The summed E-state index contributed by atoms with van der Waals surface area (Å²) in [5.74, 6) is 1.18. The fourth-order valence-corrected chi connectivity index (χ4v) is 2.04. The molecule has 0 aliphatic carbocycles. The number of nitrogens with one attached hydrogen (secondary N) is 2. The molecule has 0 aromatic carbocycles. The molecule has 0 saturated carbocycles. The van der Waals surface area contributed by atoms with Crippen LogP contribution in [0.2, 0.25) is 0 Å². The van der Waals surface area contributed by atoms with E-state index in [2.05, 4.69) is 22.9 Å². The van der Waals surface area contributed by atoms with Gasteiger partial charge in [0.25, 0.3) is 5.82 Å². The lowest BCUT2D eigenvalue weighted by molar-refractivity contribution is -0.898. The molecule has 82 valence electrons. The molecule has 0 bridgehead atoms. The van der Waals surface area contributed by atoms with Gasteiger partial charge in [-0.2, -0.15) is 0 Å². The molecule has 0 spiro atoms. The van der Waals surface area contributed by atoms with Crippen LogP contribution in [0.1, 0.15) is 6.92 Å². The zero-order chi connectivity index (χ0) is 10.7. The van der Waals surface area contributed by atoms with E-state index in [1.807, 2.05) is 12.3 Å². The van der Waals surface area contributed by atoms with Crippen molar-refractivity contribution in [3.05, 3.63) is 18.3 Å². The molecule has 0 amide bonds. The van der Waals surface area contributed by atoms with Crippen LogP contribution in [0.3, 0.4) is 0 Å². The SMILES string of the molecule is CC[NH+]1CCN(c2ccc(N)c[nH+]2)CC1. The molecule has 4 N–H and O–H groups in total. The number of rotatable bonds is 2. The first-order valence-corrected chi connectivity index (χ1v) is 5.65. The molecule has 4 heteroatoms. The first kappa shape index (κ1) is 10.2. The second kappa shape index (κ2) is 4.49. The summed E-state index contributed by atoms with van der Waals surface area (Å²) < 4.78 is 0. The predicted octanol–water partition coefficient (Wildman–Crippen LogP) is -1.19. The number of aromatic nitrogens is 1. The van der Waals surface area contributed by atoms with Crippen LogP contribution < -0.4 is 20.5 Å². The van der Waals surface area contributed by atoms with Gasteiger partial charge in [0.2, 0.25) is 0 Å². The van der Waals surface area contributed by atoms with E-state index in [0.29, 0.717) is 0 Å². The number of hydrogen-bond acceptors (Lipinski definition) is 2. The lowest BCUT2D eigenvalue weighted by atomic mass is 10.3. The van der Waals surface area contributed by atoms with Gasteiger partial charge in [-0.15, -0.1) is 0 Å². The maximum Gasteiger partial charge on any atom is 0.274 e. The van der Waals surface area contributed by atoms with Gasteiger partial charge in [-0.05, 0) is 13.0 Å². The molecule has 2 rings (SSSR count). The van der Waals surface area contributed by atoms with E-state index in [0.717, 1.165) is 18.8 Å². The number of piperazine rings is 1. The van der Waals surface area contributed by atoms with Crippen molar-refractivity contribution in [3.63, 3.8) is 0 Å². The number of pyridine rings is 1. The van der Waals surface area contributed by atoms with E-state index < -0.39 is 0 Å². The topological polar surface area (TPSA) is 47.8 Å². The van der Waals surface area contributed by atoms with Crippen LogP contribution in [-0.4, -0.2) is 32.7 Å². The lowest BCUT2D eigenvalue weighted by Crippen LogP contribution is -3.14. The van der Waals surface area contributed by atoms with Crippen LogP contribution in [0.15, 0.2) is 18.3 Å². The molecule has 0 atom stereocenters. The summed E-state index contributed by atoms with van der Waals surface area (Å²) in [4.78, 5) is 7.31. The van der Waals surface area contributed by atoms with Gasteiger partial charge in [-0.3, -0.25) is 4.90 Å². The minimum atomic E-state index is 0.788. The van der Waals surface area contributed by atoms with Crippen LogP contribution in [0.4, 0.5) is 11.5 Å². The molecule has 2 heterocycles. The molecular weight excluding hydrogens is 188 g/mol. The monoisotopic (exact) mass is 208 g/mol. The van der Waals surface area contributed by atoms with Gasteiger partial charge >= 0.3 is 0 Å². The maximum atomic E-state index is 5.65. The Morgan fingerprint density at radius 1 is 1.40 bits per heavy atom. The molecule has 1 saturated heterocycles. The Labute approximate surface area is 90.7 Å². The largest absolute Gasteiger partial charge is 0.396 e. The number of anilines is 2. The number of nitrogens with two attached hydrogens (primary N) is 1. The van der Waals surface area contributed by atoms with E-state index >= 15 is 0 Å². The molecule has 15 heavy (non-hydrogen) atoms. The highest BCUT2D eigenvalue weighted by atomic mass is 15.3. The minimum Gasteiger partial charge on any atom is -0.396 e. The van der Waals surface area contributed by atoms with E-state index in [-0.39, 0.29) is 0 Å². The number of nitrogen functional groups attached to an aromatic ring is 1. The summed E-state index contributed by atoms with van der Waals surface area (Å²) in [7, 11) is 0. The molecule has 1 aromatic heterocycles. The van der Waals surface area contributed by atoms with Crippen LogP contribution in [0.5, 0.6) is 0 Å². The van der Waals surface area contributed by atoms with Gasteiger partial charge in [-0.1, -0.05) is 0 Å². The first-order valence-electron chi connectivity index (χ1n) is 5.65.